The maximum absolute atomic E-state index is 12.6. The molecular weight excluding hydrogens is 342 g/mol. The second-order valence-corrected chi connectivity index (χ2v) is 6.36. The Balaban J connectivity index is 1.81. The molecule has 0 aliphatic heterocycles. The first-order valence-electron chi connectivity index (χ1n) is 8.55. The summed E-state index contributed by atoms with van der Waals surface area (Å²) in [5.41, 5.74) is 2.84. The van der Waals surface area contributed by atoms with Crippen LogP contribution in [0.4, 0.5) is 0 Å². The number of hydrogen-bond acceptors (Lipinski definition) is 4. The fraction of sp³-hybridized carbons (Fsp3) is 0.190. The molecule has 1 amide bonds. The van der Waals surface area contributed by atoms with Gasteiger partial charge in [-0.3, -0.25) is 4.79 Å². The molecule has 1 heterocycles. The van der Waals surface area contributed by atoms with E-state index in [-0.39, 0.29) is 5.91 Å². The number of aryl methyl sites for hydroxylation is 1. The first-order valence-corrected chi connectivity index (χ1v) is 8.55. The molecule has 0 radical (unpaired) electrons. The van der Waals surface area contributed by atoms with E-state index in [1.807, 2.05) is 19.1 Å². The van der Waals surface area contributed by atoms with Gasteiger partial charge in [0.2, 0.25) is 6.10 Å². The van der Waals surface area contributed by atoms with Gasteiger partial charge >= 0.3 is 5.97 Å². The summed E-state index contributed by atoms with van der Waals surface area (Å²) in [6.45, 7) is 1.95. The van der Waals surface area contributed by atoms with Crippen molar-refractivity contribution in [2.24, 2.45) is 0 Å². The number of esters is 1. The Morgan fingerprint density at radius 3 is 2.22 bits per heavy atom. The van der Waals surface area contributed by atoms with Crippen LogP contribution >= 0.6 is 0 Å². The van der Waals surface area contributed by atoms with Crippen LogP contribution in [0.5, 0.6) is 0 Å². The molecule has 27 heavy (non-hydrogen) atoms. The zero-order valence-electron chi connectivity index (χ0n) is 15.5. The molecule has 6 nitrogen and oxygen atoms in total. The molecule has 0 unspecified atom stereocenters. The van der Waals surface area contributed by atoms with Gasteiger partial charge in [-0.25, -0.2) is 9.48 Å². The normalized spacial score (nSPS) is 11.7. The van der Waals surface area contributed by atoms with Gasteiger partial charge in [0.1, 0.15) is 0 Å². The zero-order valence-corrected chi connectivity index (χ0v) is 15.5. The fourth-order valence-corrected chi connectivity index (χ4v) is 2.68. The molecular formula is C21H21N3O3. The van der Waals surface area contributed by atoms with Crippen LogP contribution in [-0.4, -0.2) is 40.7 Å². The monoisotopic (exact) mass is 363 g/mol. The first-order chi connectivity index (χ1) is 13.0. The summed E-state index contributed by atoms with van der Waals surface area (Å²) in [5.74, 6) is -0.846. The number of amides is 1. The average molecular weight is 363 g/mol. The van der Waals surface area contributed by atoms with Crippen molar-refractivity contribution in [3.05, 3.63) is 83.7 Å². The molecule has 6 heteroatoms. The minimum Gasteiger partial charge on any atom is -0.444 e. The predicted octanol–water partition coefficient (Wildman–Crippen LogP) is 3.17. The van der Waals surface area contributed by atoms with Gasteiger partial charge in [-0.1, -0.05) is 30.3 Å². The lowest BCUT2D eigenvalue weighted by Crippen LogP contribution is -2.31. The fourth-order valence-electron chi connectivity index (χ4n) is 2.68. The third-order valence-corrected chi connectivity index (χ3v) is 4.17. The van der Waals surface area contributed by atoms with E-state index in [9.17, 15) is 9.59 Å². The summed E-state index contributed by atoms with van der Waals surface area (Å²) < 4.78 is 7.32. The quantitative estimate of drug-likeness (QED) is 0.653. The van der Waals surface area contributed by atoms with Crippen LogP contribution in [0.1, 0.15) is 27.7 Å². The van der Waals surface area contributed by atoms with E-state index < -0.39 is 12.1 Å². The molecule has 138 valence electrons. The van der Waals surface area contributed by atoms with Gasteiger partial charge in [-0.05, 0) is 37.3 Å². The SMILES string of the molecule is Cc1ccnn1-c1ccc(C(=O)O[C@@H](C(=O)N(C)C)c2ccccc2)cc1. The van der Waals surface area contributed by atoms with Crippen molar-refractivity contribution in [1.82, 2.24) is 14.7 Å². The summed E-state index contributed by atoms with van der Waals surface area (Å²) in [6, 6.07) is 17.8. The molecule has 0 saturated heterocycles. The molecule has 0 aliphatic rings. The van der Waals surface area contributed by atoms with Crippen molar-refractivity contribution in [2.75, 3.05) is 14.1 Å². The van der Waals surface area contributed by atoms with E-state index in [1.165, 1.54) is 4.90 Å². The van der Waals surface area contributed by atoms with Crippen molar-refractivity contribution < 1.29 is 14.3 Å². The average Bonchev–Trinajstić information content (AvgIpc) is 3.12. The number of carbonyl (C=O) groups is 2. The Morgan fingerprint density at radius 2 is 1.67 bits per heavy atom. The lowest BCUT2D eigenvalue weighted by Gasteiger charge is -2.21. The highest BCUT2D eigenvalue weighted by Crippen LogP contribution is 2.22. The Kier molecular flexibility index (Phi) is 5.35. The van der Waals surface area contributed by atoms with Gasteiger partial charge in [-0.15, -0.1) is 0 Å². The number of nitrogens with zero attached hydrogens (tertiary/aromatic N) is 3. The van der Waals surface area contributed by atoms with Gasteiger partial charge in [0.25, 0.3) is 5.91 Å². The molecule has 3 rings (SSSR count). The van der Waals surface area contributed by atoms with E-state index in [1.54, 1.807) is 73.5 Å². The van der Waals surface area contributed by atoms with Crippen LogP contribution in [0.3, 0.4) is 0 Å². The van der Waals surface area contributed by atoms with E-state index >= 15 is 0 Å². The van der Waals surface area contributed by atoms with Crippen LogP contribution in [0.25, 0.3) is 5.69 Å². The van der Waals surface area contributed by atoms with Crippen LogP contribution in [0.2, 0.25) is 0 Å². The summed E-state index contributed by atoms with van der Waals surface area (Å²) in [7, 11) is 3.26. The van der Waals surface area contributed by atoms with Crippen molar-refractivity contribution >= 4 is 11.9 Å². The number of carbonyl (C=O) groups excluding carboxylic acids is 2. The molecule has 3 aromatic rings. The maximum atomic E-state index is 12.6. The van der Waals surface area contributed by atoms with Gasteiger partial charge in [0.15, 0.2) is 0 Å². The predicted molar refractivity (Wildman–Crippen MR) is 102 cm³/mol. The number of likely N-dealkylation sites (N-methyl/N-ethyl adjacent to an activating group) is 1. The van der Waals surface area contributed by atoms with Crippen LogP contribution < -0.4 is 0 Å². The van der Waals surface area contributed by atoms with E-state index in [0.29, 0.717) is 11.1 Å². The molecule has 2 aromatic carbocycles. The topological polar surface area (TPSA) is 64.4 Å². The van der Waals surface area contributed by atoms with E-state index in [2.05, 4.69) is 5.10 Å². The lowest BCUT2D eigenvalue weighted by molar-refractivity contribution is -0.138. The number of rotatable bonds is 5. The van der Waals surface area contributed by atoms with Gasteiger partial charge in [0.05, 0.1) is 11.3 Å². The van der Waals surface area contributed by atoms with E-state index in [0.717, 1.165) is 11.4 Å². The zero-order chi connectivity index (χ0) is 19.4. The Labute approximate surface area is 158 Å². The minimum absolute atomic E-state index is 0.293. The molecule has 0 bridgehead atoms. The summed E-state index contributed by atoms with van der Waals surface area (Å²) in [5, 5.41) is 4.24. The molecule has 0 fully saturated rings. The first kappa shape index (κ1) is 18.4. The standard InChI is InChI=1S/C21H21N3O3/c1-15-13-14-22-24(15)18-11-9-17(10-12-18)21(26)27-19(20(25)23(2)3)16-7-5-4-6-8-16/h4-14,19H,1-3H3/t19-/m1/s1. The molecule has 0 spiro atoms. The second-order valence-electron chi connectivity index (χ2n) is 6.36. The van der Waals surface area contributed by atoms with Gasteiger partial charge in [-0.2, -0.15) is 5.10 Å². The molecule has 0 aliphatic carbocycles. The minimum atomic E-state index is -0.985. The highest BCUT2D eigenvalue weighted by Gasteiger charge is 2.27. The highest BCUT2D eigenvalue weighted by atomic mass is 16.5. The van der Waals surface area contributed by atoms with E-state index in [4.69, 9.17) is 4.74 Å². The van der Waals surface area contributed by atoms with Crippen molar-refractivity contribution in [3.63, 3.8) is 0 Å². The van der Waals surface area contributed by atoms with Gasteiger partial charge in [0, 0.05) is 31.5 Å². The Morgan fingerprint density at radius 1 is 1.00 bits per heavy atom. The smallest absolute Gasteiger partial charge is 0.339 e. The lowest BCUT2D eigenvalue weighted by atomic mass is 10.1. The van der Waals surface area contributed by atoms with Crippen molar-refractivity contribution in [2.45, 2.75) is 13.0 Å². The summed E-state index contributed by atoms with van der Waals surface area (Å²) in [4.78, 5) is 26.5. The second kappa shape index (κ2) is 7.86. The molecule has 0 saturated carbocycles. The van der Waals surface area contributed by atoms with Crippen LogP contribution in [0.15, 0.2) is 66.9 Å². The van der Waals surface area contributed by atoms with Crippen LogP contribution in [0, 0.1) is 6.92 Å². The molecule has 1 atom stereocenters. The third kappa shape index (κ3) is 4.06. The van der Waals surface area contributed by atoms with Crippen molar-refractivity contribution in [3.8, 4) is 5.69 Å². The Hall–Kier alpha value is -3.41. The van der Waals surface area contributed by atoms with Crippen molar-refractivity contribution in [1.29, 1.82) is 0 Å². The highest BCUT2D eigenvalue weighted by molar-refractivity contribution is 5.92. The summed E-state index contributed by atoms with van der Waals surface area (Å²) in [6.07, 6.45) is 0.733. The number of ether oxygens (including phenoxy) is 1. The molecule has 0 N–H and O–H groups in total. The maximum Gasteiger partial charge on any atom is 0.339 e. The van der Waals surface area contributed by atoms with Crippen LogP contribution in [-0.2, 0) is 9.53 Å². The number of benzene rings is 2. The Bertz CT molecular complexity index is 931. The molecule has 1 aromatic heterocycles. The third-order valence-electron chi connectivity index (χ3n) is 4.17. The number of aromatic nitrogens is 2. The largest absolute Gasteiger partial charge is 0.444 e. The van der Waals surface area contributed by atoms with Gasteiger partial charge < -0.3 is 9.64 Å². The summed E-state index contributed by atoms with van der Waals surface area (Å²) >= 11 is 0. The number of hydrogen-bond donors (Lipinski definition) is 0.